The van der Waals surface area contributed by atoms with Crippen LogP contribution in [0.3, 0.4) is 0 Å². The summed E-state index contributed by atoms with van der Waals surface area (Å²) in [7, 11) is 0. The Bertz CT molecular complexity index is 546. The Morgan fingerprint density at radius 1 is 1.41 bits per heavy atom. The fourth-order valence-corrected chi connectivity index (χ4v) is 3.49. The number of carboxylic acids is 1. The summed E-state index contributed by atoms with van der Waals surface area (Å²) in [6.45, 7) is 2.55. The third kappa shape index (κ3) is 4.09. The van der Waals surface area contributed by atoms with Crippen molar-refractivity contribution in [1.82, 2.24) is 4.90 Å². The summed E-state index contributed by atoms with van der Waals surface area (Å²) in [5.74, 6) is -1.06. The highest BCUT2D eigenvalue weighted by molar-refractivity contribution is 9.10. The van der Waals surface area contributed by atoms with E-state index in [-0.39, 0.29) is 11.8 Å². The minimum Gasteiger partial charge on any atom is -0.480 e. The largest absolute Gasteiger partial charge is 0.480 e. The van der Waals surface area contributed by atoms with Gasteiger partial charge in [-0.3, -0.25) is 4.79 Å². The molecule has 5 heteroatoms. The second-order valence-corrected chi connectivity index (χ2v) is 6.74. The summed E-state index contributed by atoms with van der Waals surface area (Å²) in [6.07, 6.45) is 3.70. The first-order valence-corrected chi connectivity index (χ1v) is 8.60. The normalized spacial score (nSPS) is 19.7. The number of benzene rings is 1. The molecular formula is C17H22BrNO3. The van der Waals surface area contributed by atoms with Gasteiger partial charge < -0.3 is 10.0 Å². The van der Waals surface area contributed by atoms with Crippen LogP contribution >= 0.6 is 15.9 Å². The zero-order valence-electron chi connectivity index (χ0n) is 12.8. The number of rotatable bonds is 5. The van der Waals surface area contributed by atoms with Gasteiger partial charge in [0, 0.05) is 16.9 Å². The molecule has 1 aliphatic rings. The predicted octanol–water partition coefficient (Wildman–Crippen LogP) is 3.48. The zero-order chi connectivity index (χ0) is 16.1. The van der Waals surface area contributed by atoms with Crippen LogP contribution in [-0.4, -0.2) is 34.5 Å². The van der Waals surface area contributed by atoms with Crippen molar-refractivity contribution >= 4 is 27.8 Å². The van der Waals surface area contributed by atoms with Crippen LogP contribution in [0.5, 0.6) is 0 Å². The lowest BCUT2D eigenvalue weighted by Gasteiger charge is -2.35. The summed E-state index contributed by atoms with van der Waals surface area (Å²) in [5, 5.41) is 9.34. The van der Waals surface area contributed by atoms with Crippen LogP contribution in [0.25, 0.3) is 0 Å². The lowest BCUT2D eigenvalue weighted by atomic mass is 9.93. The zero-order valence-corrected chi connectivity index (χ0v) is 14.4. The first-order chi connectivity index (χ1) is 10.5. The van der Waals surface area contributed by atoms with E-state index in [2.05, 4.69) is 15.9 Å². The molecule has 0 spiro atoms. The fourth-order valence-electron chi connectivity index (χ4n) is 3.04. The quantitative estimate of drug-likeness (QED) is 0.866. The van der Waals surface area contributed by atoms with Crippen LogP contribution < -0.4 is 0 Å². The molecule has 1 saturated heterocycles. The highest BCUT2D eigenvalue weighted by Gasteiger charge is 2.34. The molecule has 2 rings (SSSR count). The van der Waals surface area contributed by atoms with E-state index in [0.717, 1.165) is 22.9 Å². The monoisotopic (exact) mass is 367 g/mol. The molecule has 0 radical (unpaired) electrons. The van der Waals surface area contributed by atoms with Crippen molar-refractivity contribution in [3.63, 3.8) is 0 Å². The van der Waals surface area contributed by atoms with Crippen molar-refractivity contribution in [2.45, 2.75) is 45.1 Å². The van der Waals surface area contributed by atoms with Gasteiger partial charge in [0.1, 0.15) is 6.04 Å². The Hall–Kier alpha value is -1.36. The second-order valence-electron chi connectivity index (χ2n) is 5.82. The van der Waals surface area contributed by atoms with Gasteiger partial charge in [0.25, 0.3) is 0 Å². The van der Waals surface area contributed by atoms with Gasteiger partial charge in [0.15, 0.2) is 0 Å². The van der Waals surface area contributed by atoms with Crippen LogP contribution in [0, 0.1) is 5.92 Å². The average molecular weight is 368 g/mol. The van der Waals surface area contributed by atoms with Crippen LogP contribution in [0.15, 0.2) is 28.7 Å². The SMILES string of the molecule is CCC(Cc1cccc(Br)c1)C(=O)N1CCCC[C@@H]1C(=O)O. The van der Waals surface area contributed by atoms with E-state index < -0.39 is 12.0 Å². The number of halogens is 1. The molecule has 1 aromatic rings. The van der Waals surface area contributed by atoms with Crippen LogP contribution in [0.4, 0.5) is 0 Å². The van der Waals surface area contributed by atoms with Crippen molar-refractivity contribution in [2.24, 2.45) is 5.92 Å². The maximum Gasteiger partial charge on any atom is 0.326 e. The lowest BCUT2D eigenvalue weighted by Crippen LogP contribution is -2.50. The molecule has 120 valence electrons. The molecule has 1 heterocycles. The number of nitrogens with zero attached hydrogens (tertiary/aromatic N) is 1. The summed E-state index contributed by atoms with van der Waals surface area (Å²) in [5.41, 5.74) is 1.10. The number of piperidine rings is 1. The highest BCUT2D eigenvalue weighted by Crippen LogP contribution is 2.23. The number of carbonyl (C=O) groups is 2. The average Bonchev–Trinajstić information content (AvgIpc) is 2.52. The van der Waals surface area contributed by atoms with Crippen molar-refractivity contribution in [3.05, 3.63) is 34.3 Å². The molecular weight excluding hydrogens is 346 g/mol. The van der Waals surface area contributed by atoms with E-state index >= 15 is 0 Å². The van der Waals surface area contributed by atoms with Gasteiger partial charge in [0.05, 0.1) is 0 Å². The van der Waals surface area contributed by atoms with Gasteiger partial charge in [-0.15, -0.1) is 0 Å². The van der Waals surface area contributed by atoms with Crippen LogP contribution in [-0.2, 0) is 16.0 Å². The Morgan fingerprint density at radius 3 is 2.82 bits per heavy atom. The third-order valence-corrected chi connectivity index (χ3v) is 4.78. The second kappa shape index (κ2) is 7.77. The fraction of sp³-hybridized carbons (Fsp3) is 0.529. The smallest absolute Gasteiger partial charge is 0.326 e. The number of hydrogen-bond acceptors (Lipinski definition) is 2. The number of carbonyl (C=O) groups excluding carboxylic acids is 1. The third-order valence-electron chi connectivity index (χ3n) is 4.28. The maximum atomic E-state index is 12.8. The Kier molecular flexibility index (Phi) is 6.00. The number of likely N-dealkylation sites (tertiary alicyclic amines) is 1. The van der Waals surface area contributed by atoms with Crippen molar-refractivity contribution in [2.75, 3.05) is 6.54 Å². The number of carboxylic acid groups (broad SMARTS) is 1. The van der Waals surface area contributed by atoms with Gasteiger partial charge in [0.2, 0.25) is 5.91 Å². The van der Waals surface area contributed by atoms with Gasteiger partial charge in [-0.25, -0.2) is 4.79 Å². The molecule has 4 nitrogen and oxygen atoms in total. The molecule has 0 saturated carbocycles. The molecule has 1 aliphatic heterocycles. The van der Waals surface area contributed by atoms with E-state index in [1.807, 2.05) is 31.2 Å². The molecule has 22 heavy (non-hydrogen) atoms. The number of aliphatic carboxylic acids is 1. The molecule has 1 aromatic carbocycles. The standard InChI is InChI=1S/C17H22BrNO3/c1-2-13(10-12-6-5-7-14(18)11-12)16(20)19-9-4-3-8-15(19)17(21)22/h5-7,11,13,15H,2-4,8-10H2,1H3,(H,21,22)/t13?,15-/m1/s1. The van der Waals surface area contributed by atoms with E-state index in [4.69, 9.17) is 0 Å². The van der Waals surface area contributed by atoms with Gasteiger partial charge >= 0.3 is 5.97 Å². The van der Waals surface area contributed by atoms with Crippen molar-refractivity contribution in [1.29, 1.82) is 0 Å². The van der Waals surface area contributed by atoms with Gasteiger partial charge in [-0.05, 0) is 49.8 Å². The molecule has 1 unspecified atom stereocenters. The van der Waals surface area contributed by atoms with Crippen molar-refractivity contribution in [3.8, 4) is 0 Å². The van der Waals surface area contributed by atoms with Crippen molar-refractivity contribution < 1.29 is 14.7 Å². The van der Waals surface area contributed by atoms with Gasteiger partial charge in [-0.2, -0.15) is 0 Å². The van der Waals surface area contributed by atoms with E-state index in [9.17, 15) is 14.7 Å². The topological polar surface area (TPSA) is 57.6 Å². The molecule has 1 N–H and O–H groups in total. The Balaban J connectivity index is 2.12. The first kappa shape index (κ1) is 17.0. The summed E-state index contributed by atoms with van der Waals surface area (Å²) in [4.78, 5) is 25.7. The van der Waals surface area contributed by atoms with Gasteiger partial charge in [-0.1, -0.05) is 35.0 Å². The van der Waals surface area contributed by atoms with E-state index in [1.165, 1.54) is 0 Å². The molecule has 2 atom stereocenters. The lowest BCUT2D eigenvalue weighted by molar-refractivity contribution is -0.154. The molecule has 0 aromatic heterocycles. The Morgan fingerprint density at radius 2 is 2.18 bits per heavy atom. The summed E-state index contributed by atoms with van der Waals surface area (Å²) in [6, 6.07) is 7.28. The summed E-state index contributed by atoms with van der Waals surface area (Å²) < 4.78 is 0.994. The van der Waals surface area contributed by atoms with E-state index in [0.29, 0.717) is 25.8 Å². The van der Waals surface area contributed by atoms with E-state index in [1.54, 1.807) is 4.90 Å². The Labute approximate surface area is 139 Å². The molecule has 1 fully saturated rings. The highest BCUT2D eigenvalue weighted by atomic mass is 79.9. The predicted molar refractivity (Wildman–Crippen MR) is 88.6 cm³/mol. The maximum absolute atomic E-state index is 12.8. The summed E-state index contributed by atoms with van der Waals surface area (Å²) >= 11 is 3.44. The molecule has 1 amide bonds. The first-order valence-electron chi connectivity index (χ1n) is 7.80. The number of hydrogen-bond donors (Lipinski definition) is 1. The number of amides is 1. The van der Waals surface area contributed by atoms with Crippen LogP contribution in [0.1, 0.15) is 38.2 Å². The van der Waals surface area contributed by atoms with Crippen LogP contribution in [0.2, 0.25) is 0 Å². The molecule has 0 bridgehead atoms. The molecule has 0 aliphatic carbocycles. The minimum absolute atomic E-state index is 0.0189. The minimum atomic E-state index is -0.884.